The highest BCUT2D eigenvalue weighted by atomic mass is 16.6. The summed E-state index contributed by atoms with van der Waals surface area (Å²) in [5.41, 5.74) is 4.05. The molecule has 1 aromatic rings. The van der Waals surface area contributed by atoms with E-state index in [1.54, 1.807) is 13.3 Å². The average molecular weight is 154 g/mol. The third-order valence-corrected chi connectivity index (χ3v) is 1.96. The minimum absolute atomic E-state index is 0.192. The molecule has 1 heterocycles. The van der Waals surface area contributed by atoms with Crippen LogP contribution in [0, 0.1) is 0 Å². The van der Waals surface area contributed by atoms with Crippen LogP contribution in [0.5, 0.6) is 0 Å². The number of nitrogens with one attached hydrogen (secondary N) is 1. The molecule has 1 atom stereocenters. The Labute approximate surface area is 64.5 Å². The molecule has 4 heteroatoms. The van der Waals surface area contributed by atoms with Gasteiger partial charge in [-0.3, -0.25) is 0 Å². The van der Waals surface area contributed by atoms with Gasteiger partial charge in [-0.15, -0.1) is 0 Å². The van der Waals surface area contributed by atoms with E-state index in [1.807, 2.05) is 0 Å². The van der Waals surface area contributed by atoms with Crippen LogP contribution < -0.4 is 5.48 Å². The fraction of sp³-hybridized carbons (Fsp3) is 0.571. The van der Waals surface area contributed by atoms with Crippen LogP contribution in [0.3, 0.4) is 0 Å². The Hall–Kier alpha value is -0.870. The van der Waals surface area contributed by atoms with Crippen LogP contribution in [-0.2, 0) is 11.3 Å². The van der Waals surface area contributed by atoms with Gasteiger partial charge < -0.3 is 9.36 Å². The van der Waals surface area contributed by atoms with Gasteiger partial charge in [0, 0.05) is 5.56 Å². The van der Waals surface area contributed by atoms with E-state index in [1.165, 1.54) is 5.56 Å². The first-order valence-electron chi connectivity index (χ1n) is 3.64. The van der Waals surface area contributed by atoms with Crippen molar-refractivity contribution in [1.82, 2.24) is 10.6 Å². The number of rotatable bonds is 2. The molecule has 0 spiro atoms. The number of aromatic nitrogens is 1. The predicted octanol–water partition coefficient (Wildman–Crippen LogP) is 0.813. The fourth-order valence-corrected chi connectivity index (χ4v) is 1.43. The van der Waals surface area contributed by atoms with Crippen LogP contribution in [0.4, 0.5) is 0 Å². The van der Waals surface area contributed by atoms with Gasteiger partial charge in [-0.1, -0.05) is 5.16 Å². The molecule has 0 aromatic carbocycles. The number of nitrogens with zero attached hydrogens (tertiary/aromatic N) is 1. The van der Waals surface area contributed by atoms with Gasteiger partial charge in [0.05, 0.1) is 19.3 Å². The summed E-state index contributed by atoms with van der Waals surface area (Å²) in [5.74, 6) is 0.923. The lowest BCUT2D eigenvalue weighted by Crippen LogP contribution is -2.16. The molecule has 1 aromatic heterocycles. The van der Waals surface area contributed by atoms with Gasteiger partial charge in [-0.05, 0) is 12.8 Å². The minimum atomic E-state index is 0.192. The van der Waals surface area contributed by atoms with E-state index in [0.29, 0.717) is 0 Å². The standard InChI is InChI=1S/C7H10N2O2/c1-10-9-6-3-2-5-4-8-11-7(5)6/h4,6,9H,2-3H2,1H3. The van der Waals surface area contributed by atoms with Crippen molar-refractivity contribution in [3.05, 3.63) is 17.5 Å². The van der Waals surface area contributed by atoms with E-state index in [-0.39, 0.29) is 6.04 Å². The van der Waals surface area contributed by atoms with E-state index in [9.17, 15) is 0 Å². The Balaban J connectivity index is 2.18. The van der Waals surface area contributed by atoms with E-state index in [0.717, 1.165) is 18.6 Å². The lowest BCUT2D eigenvalue weighted by Gasteiger charge is -2.06. The van der Waals surface area contributed by atoms with Crippen LogP contribution >= 0.6 is 0 Å². The molecule has 1 aliphatic rings. The van der Waals surface area contributed by atoms with Crippen molar-refractivity contribution in [2.24, 2.45) is 0 Å². The van der Waals surface area contributed by atoms with Crippen molar-refractivity contribution < 1.29 is 9.36 Å². The molecule has 0 radical (unpaired) electrons. The number of hydrogen-bond donors (Lipinski definition) is 1. The topological polar surface area (TPSA) is 47.3 Å². The molecular weight excluding hydrogens is 144 g/mol. The highest BCUT2D eigenvalue weighted by Gasteiger charge is 2.26. The number of hydrogen-bond acceptors (Lipinski definition) is 4. The highest BCUT2D eigenvalue weighted by Crippen LogP contribution is 2.30. The predicted molar refractivity (Wildman–Crippen MR) is 37.7 cm³/mol. The monoisotopic (exact) mass is 154 g/mol. The maximum absolute atomic E-state index is 5.05. The van der Waals surface area contributed by atoms with E-state index < -0.39 is 0 Å². The maximum atomic E-state index is 5.05. The van der Waals surface area contributed by atoms with Gasteiger partial charge in [0.2, 0.25) is 0 Å². The maximum Gasteiger partial charge on any atom is 0.159 e. The summed E-state index contributed by atoms with van der Waals surface area (Å²) in [6.07, 6.45) is 3.83. The number of fused-ring (bicyclic) bond motifs is 1. The van der Waals surface area contributed by atoms with Crippen molar-refractivity contribution in [2.45, 2.75) is 18.9 Å². The molecule has 0 saturated carbocycles. The first-order chi connectivity index (χ1) is 5.42. The first kappa shape index (κ1) is 6.82. The van der Waals surface area contributed by atoms with Gasteiger partial charge in [0.25, 0.3) is 0 Å². The van der Waals surface area contributed by atoms with Crippen LogP contribution in [0.25, 0.3) is 0 Å². The first-order valence-corrected chi connectivity index (χ1v) is 3.64. The summed E-state index contributed by atoms with van der Waals surface area (Å²) >= 11 is 0. The third kappa shape index (κ3) is 1.04. The molecule has 2 rings (SSSR count). The average Bonchev–Trinajstić information content (AvgIpc) is 2.53. The molecule has 60 valence electrons. The summed E-state index contributed by atoms with van der Waals surface area (Å²) < 4.78 is 5.05. The van der Waals surface area contributed by atoms with Gasteiger partial charge in [-0.2, -0.15) is 5.48 Å². The largest absolute Gasteiger partial charge is 0.359 e. The zero-order chi connectivity index (χ0) is 7.68. The van der Waals surface area contributed by atoms with Crippen LogP contribution in [0.15, 0.2) is 10.7 Å². The second-order valence-electron chi connectivity index (χ2n) is 2.63. The smallest absolute Gasteiger partial charge is 0.159 e. The fourth-order valence-electron chi connectivity index (χ4n) is 1.43. The summed E-state index contributed by atoms with van der Waals surface area (Å²) in [7, 11) is 1.61. The van der Waals surface area contributed by atoms with Gasteiger partial charge in [0.1, 0.15) is 0 Å². The Morgan fingerprint density at radius 3 is 3.55 bits per heavy atom. The van der Waals surface area contributed by atoms with Crippen molar-refractivity contribution in [3.63, 3.8) is 0 Å². The summed E-state index contributed by atoms with van der Waals surface area (Å²) in [6, 6.07) is 0.192. The number of hydroxylamine groups is 1. The summed E-state index contributed by atoms with van der Waals surface area (Å²) in [5, 5.41) is 3.71. The Bertz CT molecular complexity index is 246. The molecule has 4 nitrogen and oxygen atoms in total. The number of aryl methyl sites for hydroxylation is 1. The van der Waals surface area contributed by atoms with Crippen LogP contribution in [-0.4, -0.2) is 12.3 Å². The molecular formula is C7H10N2O2. The molecule has 0 saturated heterocycles. The molecule has 0 bridgehead atoms. The molecule has 1 unspecified atom stereocenters. The lowest BCUT2D eigenvalue weighted by atomic mass is 10.3. The second kappa shape index (κ2) is 2.64. The van der Waals surface area contributed by atoms with Crippen molar-refractivity contribution in [1.29, 1.82) is 0 Å². The van der Waals surface area contributed by atoms with Gasteiger partial charge >= 0.3 is 0 Å². The van der Waals surface area contributed by atoms with Crippen molar-refractivity contribution in [2.75, 3.05) is 7.11 Å². The molecule has 0 aliphatic heterocycles. The molecule has 11 heavy (non-hydrogen) atoms. The van der Waals surface area contributed by atoms with E-state index in [4.69, 9.17) is 9.36 Å². The highest BCUT2D eigenvalue weighted by molar-refractivity contribution is 5.22. The Kier molecular flexibility index (Phi) is 1.63. The van der Waals surface area contributed by atoms with Crippen LogP contribution in [0.2, 0.25) is 0 Å². The lowest BCUT2D eigenvalue weighted by molar-refractivity contribution is 0.0527. The molecule has 1 N–H and O–H groups in total. The zero-order valence-corrected chi connectivity index (χ0v) is 6.33. The van der Waals surface area contributed by atoms with E-state index >= 15 is 0 Å². The minimum Gasteiger partial charge on any atom is -0.359 e. The van der Waals surface area contributed by atoms with Gasteiger partial charge in [-0.25, -0.2) is 0 Å². The van der Waals surface area contributed by atoms with E-state index in [2.05, 4.69) is 10.6 Å². The SMILES string of the molecule is CONC1CCc2cnoc21. The van der Waals surface area contributed by atoms with Crippen molar-refractivity contribution >= 4 is 0 Å². The normalized spacial score (nSPS) is 22.1. The summed E-state index contributed by atoms with van der Waals surface area (Å²) in [4.78, 5) is 4.81. The molecule has 0 fully saturated rings. The van der Waals surface area contributed by atoms with Crippen molar-refractivity contribution in [3.8, 4) is 0 Å². The second-order valence-corrected chi connectivity index (χ2v) is 2.63. The Morgan fingerprint density at radius 1 is 1.82 bits per heavy atom. The zero-order valence-electron chi connectivity index (χ0n) is 6.33. The summed E-state index contributed by atoms with van der Waals surface area (Å²) in [6.45, 7) is 0. The third-order valence-electron chi connectivity index (χ3n) is 1.96. The van der Waals surface area contributed by atoms with Gasteiger partial charge in [0.15, 0.2) is 5.76 Å². The Morgan fingerprint density at radius 2 is 2.73 bits per heavy atom. The van der Waals surface area contributed by atoms with Crippen LogP contribution in [0.1, 0.15) is 23.8 Å². The molecule has 1 aliphatic carbocycles. The molecule has 0 amide bonds. The quantitative estimate of drug-likeness (QED) is 0.640.